The van der Waals surface area contributed by atoms with Gasteiger partial charge in [-0.1, -0.05) is 0 Å². The molecule has 1 N–H and O–H groups in total. The molecule has 106 valence electrons. The lowest BCUT2D eigenvalue weighted by Crippen LogP contribution is -2.17. The molecule has 0 saturated heterocycles. The molecule has 0 unspecified atom stereocenters. The molecule has 1 heterocycles. The zero-order chi connectivity index (χ0) is 13.9. The Morgan fingerprint density at radius 3 is 2.95 bits per heavy atom. The molecule has 1 fully saturated rings. The summed E-state index contributed by atoms with van der Waals surface area (Å²) in [5, 5.41) is 11.5. The van der Waals surface area contributed by atoms with Crippen molar-refractivity contribution in [3.05, 3.63) is 33.5 Å². The van der Waals surface area contributed by atoms with Crippen LogP contribution in [0.25, 0.3) is 11.5 Å². The summed E-state index contributed by atoms with van der Waals surface area (Å²) in [4.78, 5) is 0. The van der Waals surface area contributed by atoms with Crippen LogP contribution in [-0.4, -0.2) is 22.8 Å². The maximum atomic E-state index is 13.1. The number of nitrogens with zero attached hydrogens (tertiary/aromatic N) is 2. The number of rotatable bonds is 6. The summed E-state index contributed by atoms with van der Waals surface area (Å²) in [6.07, 6.45) is 4.35. The lowest BCUT2D eigenvalue weighted by molar-refractivity contribution is 0.490. The first-order chi connectivity index (χ1) is 9.72. The molecule has 3 rings (SSSR count). The second-order valence-electron chi connectivity index (χ2n) is 4.96. The van der Waals surface area contributed by atoms with E-state index in [0.717, 1.165) is 34.6 Å². The highest BCUT2D eigenvalue weighted by atomic mass is 127. The molecule has 20 heavy (non-hydrogen) atoms. The molecule has 0 bridgehead atoms. The molecule has 1 aromatic carbocycles. The van der Waals surface area contributed by atoms with Gasteiger partial charge in [0, 0.05) is 16.0 Å². The van der Waals surface area contributed by atoms with Gasteiger partial charge in [-0.25, -0.2) is 4.39 Å². The first-order valence-electron chi connectivity index (χ1n) is 6.73. The van der Waals surface area contributed by atoms with Gasteiger partial charge in [0.05, 0.1) is 5.56 Å². The zero-order valence-corrected chi connectivity index (χ0v) is 13.1. The number of aryl methyl sites for hydroxylation is 1. The predicted molar refractivity (Wildman–Crippen MR) is 81.8 cm³/mol. The molecular weight excluding hydrogens is 372 g/mol. The third-order valence-corrected chi connectivity index (χ3v) is 4.10. The summed E-state index contributed by atoms with van der Waals surface area (Å²) in [5.74, 6) is 0.835. The van der Waals surface area contributed by atoms with Gasteiger partial charge in [-0.05, 0) is 66.6 Å². The fourth-order valence-corrected chi connectivity index (χ4v) is 2.67. The first-order valence-corrected chi connectivity index (χ1v) is 7.81. The van der Waals surface area contributed by atoms with Crippen LogP contribution in [0.3, 0.4) is 0 Å². The minimum absolute atomic E-state index is 0.260. The number of hydrogen-bond acceptors (Lipinski definition) is 4. The average Bonchev–Trinajstić information content (AvgIpc) is 3.13. The summed E-state index contributed by atoms with van der Waals surface area (Å²) in [6.45, 7) is 0.983. The lowest BCUT2D eigenvalue weighted by atomic mass is 10.2. The van der Waals surface area contributed by atoms with E-state index in [4.69, 9.17) is 4.42 Å². The van der Waals surface area contributed by atoms with E-state index >= 15 is 0 Å². The molecule has 0 atom stereocenters. The lowest BCUT2D eigenvalue weighted by Gasteiger charge is -2.00. The first kappa shape index (κ1) is 13.9. The van der Waals surface area contributed by atoms with Gasteiger partial charge in [-0.2, -0.15) is 0 Å². The third kappa shape index (κ3) is 3.54. The highest BCUT2D eigenvalue weighted by Gasteiger charge is 2.19. The smallest absolute Gasteiger partial charge is 0.248 e. The largest absolute Gasteiger partial charge is 0.421 e. The number of halogens is 2. The molecule has 2 aromatic rings. The molecule has 1 aliphatic rings. The Balaban J connectivity index is 1.60. The van der Waals surface area contributed by atoms with Crippen molar-refractivity contribution >= 4 is 22.6 Å². The van der Waals surface area contributed by atoms with E-state index in [2.05, 4.69) is 38.1 Å². The summed E-state index contributed by atoms with van der Waals surface area (Å²) in [6, 6.07) is 5.26. The summed E-state index contributed by atoms with van der Waals surface area (Å²) in [7, 11) is 0. The van der Waals surface area contributed by atoms with Crippen LogP contribution in [-0.2, 0) is 6.42 Å². The van der Waals surface area contributed by atoms with E-state index in [0.29, 0.717) is 11.8 Å². The van der Waals surface area contributed by atoms with Crippen molar-refractivity contribution < 1.29 is 8.81 Å². The van der Waals surface area contributed by atoms with E-state index in [1.54, 1.807) is 6.07 Å². The van der Waals surface area contributed by atoms with Gasteiger partial charge in [-0.3, -0.25) is 0 Å². The van der Waals surface area contributed by atoms with E-state index in [9.17, 15) is 4.39 Å². The predicted octanol–water partition coefficient (Wildman–Crippen LogP) is 3.16. The summed E-state index contributed by atoms with van der Waals surface area (Å²) < 4.78 is 19.5. The van der Waals surface area contributed by atoms with E-state index < -0.39 is 0 Å². The SMILES string of the molecule is Fc1ccc(-c2nnc(CCCNC3CC3)o2)c(I)c1. The van der Waals surface area contributed by atoms with Crippen LogP contribution in [0, 0.1) is 9.39 Å². The zero-order valence-electron chi connectivity index (χ0n) is 10.9. The molecule has 0 aliphatic heterocycles. The van der Waals surface area contributed by atoms with Crippen LogP contribution < -0.4 is 5.32 Å². The van der Waals surface area contributed by atoms with Gasteiger partial charge in [0.25, 0.3) is 0 Å². The average molecular weight is 387 g/mol. The van der Waals surface area contributed by atoms with Crippen LogP contribution in [0.5, 0.6) is 0 Å². The number of aromatic nitrogens is 2. The normalized spacial score (nSPS) is 14.7. The van der Waals surface area contributed by atoms with Crippen molar-refractivity contribution in [3.8, 4) is 11.5 Å². The molecule has 0 amide bonds. The second-order valence-corrected chi connectivity index (χ2v) is 6.12. The van der Waals surface area contributed by atoms with Crippen LogP contribution in [0.4, 0.5) is 4.39 Å². The van der Waals surface area contributed by atoms with E-state index in [1.165, 1.54) is 25.0 Å². The van der Waals surface area contributed by atoms with Crippen LogP contribution in [0.1, 0.15) is 25.2 Å². The van der Waals surface area contributed by atoms with Crippen molar-refractivity contribution in [2.75, 3.05) is 6.54 Å². The number of hydrogen-bond donors (Lipinski definition) is 1. The minimum atomic E-state index is -0.260. The Hall–Kier alpha value is -1.02. The van der Waals surface area contributed by atoms with Gasteiger partial charge in [0.2, 0.25) is 11.8 Å². The van der Waals surface area contributed by atoms with Crippen LogP contribution in [0.15, 0.2) is 22.6 Å². The highest BCUT2D eigenvalue weighted by molar-refractivity contribution is 14.1. The van der Waals surface area contributed by atoms with E-state index in [-0.39, 0.29) is 5.82 Å². The van der Waals surface area contributed by atoms with Crippen molar-refractivity contribution in [1.29, 1.82) is 0 Å². The quantitative estimate of drug-likeness (QED) is 0.611. The molecule has 1 saturated carbocycles. The monoisotopic (exact) mass is 387 g/mol. The molecule has 4 nitrogen and oxygen atoms in total. The standard InChI is InChI=1S/C14H15FIN3O/c15-9-3-6-11(12(16)8-9)14-19-18-13(20-14)2-1-7-17-10-4-5-10/h3,6,8,10,17H,1-2,4-5,7H2. The van der Waals surface area contributed by atoms with Gasteiger partial charge >= 0.3 is 0 Å². The van der Waals surface area contributed by atoms with Crippen LogP contribution in [0.2, 0.25) is 0 Å². The summed E-state index contributed by atoms with van der Waals surface area (Å²) >= 11 is 2.07. The Labute approximate surface area is 130 Å². The number of nitrogens with one attached hydrogen (secondary N) is 1. The van der Waals surface area contributed by atoms with Crippen molar-refractivity contribution in [3.63, 3.8) is 0 Å². The van der Waals surface area contributed by atoms with E-state index in [1.807, 2.05) is 0 Å². The fourth-order valence-electron chi connectivity index (χ4n) is 1.96. The fraction of sp³-hybridized carbons (Fsp3) is 0.429. The van der Waals surface area contributed by atoms with Gasteiger partial charge < -0.3 is 9.73 Å². The Morgan fingerprint density at radius 1 is 1.35 bits per heavy atom. The molecule has 1 aromatic heterocycles. The third-order valence-electron chi connectivity index (χ3n) is 3.21. The van der Waals surface area contributed by atoms with Crippen molar-refractivity contribution in [1.82, 2.24) is 15.5 Å². The Kier molecular flexibility index (Phi) is 4.30. The van der Waals surface area contributed by atoms with Gasteiger partial charge in [-0.15, -0.1) is 10.2 Å². The van der Waals surface area contributed by atoms with Gasteiger partial charge in [0.1, 0.15) is 5.82 Å². The van der Waals surface area contributed by atoms with Crippen LogP contribution >= 0.6 is 22.6 Å². The second kappa shape index (κ2) is 6.17. The molecule has 0 radical (unpaired) electrons. The maximum Gasteiger partial charge on any atom is 0.248 e. The maximum absolute atomic E-state index is 13.1. The Bertz CT molecular complexity index is 598. The Morgan fingerprint density at radius 2 is 2.20 bits per heavy atom. The molecular formula is C14H15FIN3O. The molecule has 6 heteroatoms. The van der Waals surface area contributed by atoms with Crippen molar-refractivity contribution in [2.45, 2.75) is 31.7 Å². The van der Waals surface area contributed by atoms with Crippen molar-refractivity contribution in [2.24, 2.45) is 0 Å². The van der Waals surface area contributed by atoms with Gasteiger partial charge in [0.15, 0.2) is 0 Å². The topological polar surface area (TPSA) is 51.0 Å². The molecule has 1 aliphatic carbocycles. The highest BCUT2D eigenvalue weighted by Crippen LogP contribution is 2.25. The summed E-state index contributed by atoms with van der Waals surface area (Å²) in [5.41, 5.74) is 0.779. The molecule has 0 spiro atoms. The minimum Gasteiger partial charge on any atom is -0.421 e. The number of benzene rings is 1.